The molecular formula is C14H16N4O2. The molecule has 2 aromatic rings. The molecule has 0 radical (unpaired) electrons. The van der Waals surface area contributed by atoms with Gasteiger partial charge in [0.15, 0.2) is 0 Å². The molecule has 20 heavy (non-hydrogen) atoms. The van der Waals surface area contributed by atoms with E-state index in [4.69, 9.17) is 4.74 Å². The summed E-state index contributed by atoms with van der Waals surface area (Å²) >= 11 is 0. The van der Waals surface area contributed by atoms with Crippen LogP contribution in [0.25, 0.3) is 0 Å². The SMILES string of the molecule is COc1nc(Nc2ccccc2O)nc2c1CNCC2. The van der Waals surface area contributed by atoms with Gasteiger partial charge in [-0.25, -0.2) is 4.98 Å². The van der Waals surface area contributed by atoms with Crippen LogP contribution in [0.15, 0.2) is 24.3 Å². The second-order valence-corrected chi connectivity index (χ2v) is 4.55. The molecule has 0 unspecified atom stereocenters. The molecule has 3 rings (SSSR count). The largest absolute Gasteiger partial charge is 0.506 e. The molecule has 0 fully saturated rings. The number of hydrogen-bond donors (Lipinski definition) is 3. The average Bonchev–Trinajstić information content (AvgIpc) is 2.49. The van der Waals surface area contributed by atoms with Gasteiger partial charge in [-0.3, -0.25) is 0 Å². The molecule has 0 saturated carbocycles. The fourth-order valence-electron chi connectivity index (χ4n) is 2.24. The minimum atomic E-state index is 0.162. The van der Waals surface area contributed by atoms with Gasteiger partial charge in [0.2, 0.25) is 11.8 Å². The highest BCUT2D eigenvalue weighted by Crippen LogP contribution is 2.28. The number of aromatic hydroxyl groups is 1. The molecule has 0 bridgehead atoms. The topological polar surface area (TPSA) is 79.3 Å². The van der Waals surface area contributed by atoms with E-state index in [1.165, 1.54) is 0 Å². The lowest BCUT2D eigenvalue weighted by Crippen LogP contribution is -2.26. The standard InChI is InChI=1S/C14H16N4O2/c1-20-13-9-8-15-7-6-10(9)16-14(18-13)17-11-4-2-3-5-12(11)19/h2-5,15,19H,6-8H2,1H3,(H,16,17,18). The lowest BCUT2D eigenvalue weighted by Gasteiger charge is -2.19. The Morgan fingerprint density at radius 2 is 2.15 bits per heavy atom. The maximum absolute atomic E-state index is 9.78. The van der Waals surface area contributed by atoms with Crippen LogP contribution in [0.1, 0.15) is 11.3 Å². The molecule has 104 valence electrons. The van der Waals surface area contributed by atoms with E-state index in [1.807, 2.05) is 6.07 Å². The van der Waals surface area contributed by atoms with Crippen LogP contribution in [-0.4, -0.2) is 28.7 Å². The molecule has 0 amide bonds. The zero-order valence-corrected chi connectivity index (χ0v) is 11.2. The van der Waals surface area contributed by atoms with E-state index >= 15 is 0 Å². The number of rotatable bonds is 3. The first-order chi connectivity index (χ1) is 9.78. The predicted octanol–water partition coefficient (Wildman–Crippen LogP) is 1.58. The Labute approximate surface area is 116 Å². The van der Waals surface area contributed by atoms with E-state index in [0.29, 0.717) is 17.5 Å². The van der Waals surface area contributed by atoms with E-state index in [9.17, 15) is 5.11 Å². The van der Waals surface area contributed by atoms with Gasteiger partial charge in [-0.15, -0.1) is 0 Å². The summed E-state index contributed by atoms with van der Waals surface area (Å²) in [6.07, 6.45) is 0.837. The van der Waals surface area contributed by atoms with Crippen molar-refractivity contribution >= 4 is 11.6 Å². The van der Waals surface area contributed by atoms with Gasteiger partial charge in [0.1, 0.15) is 5.75 Å². The van der Waals surface area contributed by atoms with Crippen molar-refractivity contribution in [1.82, 2.24) is 15.3 Å². The molecule has 0 spiro atoms. The third-order valence-corrected chi connectivity index (χ3v) is 3.24. The van der Waals surface area contributed by atoms with Crippen LogP contribution < -0.4 is 15.4 Å². The molecule has 6 nitrogen and oxygen atoms in total. The Hall–Kier alpha value is -2.34. The third kappa shape index (κ3) is 2.37. The highest BCUT2D eigenvalue weighted by molar-refractivity contribution is 5.62. The Kier molecular flexibility index (Phi) is 3.39. The van der Waals surface area contributed by atoms with Crippen LogP contribution in [0.5, 0.6) is 11.6 Å². The molecule has 1 aromatic carbocycles. The fourth-order valence-corrected chi connectivity index (χ4v) is 2.24. The van der Waals surface area contributed by atoms with Gasteiger partial charge in [-0.05, 0) is 12.1 Å². The number of methoxy groups -OCH3 is 1. The summed E-state index contributed by atoms with van der Waals surface area (Å²) in [4.78, 5) is 8.85. The summed E-state index contributed by atoms with van der Waals surface area (Å²) in [5.74, 6) is 1.17. The number of phenolic OH excluding ortho intramolecular Hbond substituents is 1. The van der Waals surface area contributed by atoms with Crippen molar-refractivity contribution in [2.75, 3.05) is 19.0 Å². The van der Waals surface area contributed by atoms with Crippen molar-refractivity contribution in [3.63, 3.8) is 0 Å². The first-order valence-corrected chi connectivity index (χ1v) is 6.47. The molecule has 0 saturated heterocycles. The molecule has 0 atom stereocenters. The number of para-hydroxylation sites is 2. The molecular weight excluding hydrogens is 256 g/mol. The predicted molar refractivity (Wildman–Crippen MR) is 75.4 cm³/mol. The monoisotopic (exact) mass is 272 g/mol. The highest BCUT2D eigenvalue weighted by atomic mass is 16.5. The van der Waals surface area contributed by atoms with Gasteiger partial charge < -0.3 is 20.5 Å². The molecule has 1 aromatic heterocycles. The zero-order valence-electron chi connectivity index (χ0n) is 11.2. The van der Waals surface area contributed by atoms with Gasteiger partial charge in [0.05, 0.1) is 18.5 Å². The Balaban J connectivity index is 1.96. The van der Waals surface area contributed by atoms with Crippen LogP contribution in [0.4, 0.5) is 11.6 Å². The normalized spacial score (nSPS) is 13.7. The molecule has 1 aliphatic heterocycles. The number of benzene rings is 1. The number of hydrogen-bond acceptors (Lipinski definition) is 6. The van der Waals surface area contributed by atoms with Gasteiger partial charge in [0.25, 0.3) is 0 Å². The second-order valence-electron chi connectivity index (χ2n) is 4.55. The summed E-state index contributed by atoms with van der Waals surface area (Å²) in [6, 6.07) is 6.98. The van der Waals surface area contributed by atoms with Gasteiger partial charge in [-0.1, -0.05) is 12.1 Å². The van der Waals surface area contributed by atoms with Gasteiger partial charge in [0, 0.05) is 25.1 Å². The smallest absolute Gasteiger partial charge is 0.230 e. The number of ether oxygens (including phenoxy) is 1. The number of aromatic nitrogens is 2. The molecule has 3 N–H and O–H groups in total. The van der Waals surface area contributed by atoms with E-state index in [2.05, 4.69) is 20.6 Å². The zero-order chi connectivity index (χ0) is 13.9. The van der Waals surface area contributed by atoms with E-state index in [-0.39, 0.29) is 5.75 Å². The number of nitrogens with one attached hydrogen (secondary N) is 2. The van der Waals surface area contributed by atoms with Crippen LogP contribution in [0.2, 0.25) is 0 Å². The Morgan fingerprint density at radius 1 is 1.30 bits per heavy atom. The number of anilines is 2. The lowest BCUT2D eigenvalue weighted by molar-refractivity contribution is 0.386. The van der Waals surface area contributed by atoms with Gasteiger partial charge in [-0.2, -0.15) is 4.98 Å². The average molecular weight is 272 g/mol. The van der Waals surface area contributed by atoms with Crippen LogP contribution in [-0.2, 0) is 13.0 Å². The lowest BCUT2D eigenvalue weighted by atomic mass is 10.1. The Bertz CT molecular complexity index is 613. The van der Waals surface area contributed by atoms with Gasteiger partial charge >= 0.3 is 0 Å². The minimum absolute atomic E-state index is 0.162. The molecule has 1 aliphatic rings. The molecule has 6 heteroatoms. The fraction of sp³-hybridized carbons (Fsp3) is 0.286. The van der Waals surface area contributed by atoms with Crippen molar-refractivity contribution in [2.24, 2.45) is 0 Å². The molecule has 0 aliphatic carbocycles. The summed E-state index contributed by atoms with van der Waals surface area (Å²) in [5.41, 5.74) is 2.55. The van der Waals surface area contributed by atoms with Crippen molar-refractivity contribution in [2.45, 2.75) is 13.0 Å². The van der Waals surface area contributed by atoms with E-state index < -0.39 is 0 Å². The van der Waals surface area contributed by atoms with E-state index in [0.717, 1.165) is 30.8 Å². The number of nitrogens with zero attached hydrogens (tertiary/aromatic N) is 2. The maximum atomic E-state index is 9.78. The Morgan fingerprint density at radius 3 is 2.95 bits per heavy atom. The summed E-state index contributed by atoms with van der Waals surface area (Å²) in [5, 5.41) is 16.1. The summed E-state index contributed by atoms with van der Waals surface area (Å²) in [7, 11) is 1.60. The quantitative estimate of drug-likeness (QED) is 0.736. The summed E-state index contributed by atoms with van der Waals surface area (Å²) in [6.45, 7) is 1.61. The summed E-state index contributed by atoms with van der Waals surface area (Å²) < 4.78 is 5.33. The van der Waals surface area contributed by atoms with Crippen LogP contribution in [0.3, 0.4) is 0 Å². The number of fused-ring (bicyclic) bond motifs is 1. The van der Waals surface area contributed by atoms with Crippen molar-refractivity contribution in [3.8, 4) is 11.6 Å². The first-order valence-electron chi connectivity index (χ1n) is 6.47. The minimum Gasteiger partial charge on any atom is -0.506 e. The molecule has 2 heterocycles. The number of phenols is 1. The maximum Gasteiger partial charge on any atom is 0.230 e. The van der Waals surface area contributed by atoms with Crippen molar-refractivity contribution < 1.29 is 9.84 Å². The van der Waals surface area contributed by atoms with Crippen LogP contribution >= 0.6 is 0 Å². The van der Waals surface area contributed by atoms with Crippen LogP contribution in [0, 0.1) is 0 Å². The van der Waals surface area contributed by atoms with E-state index in [1.54, 1.807) is 25.3 Å². The van der Waals surface area contributed by atoms with Crippen molar-refractivity contribution in [1.29, 1.82) is 0 Å². The third-order valence-electron chi connectivity index (χ3n) is 3.24. The second kappa shape index (κ2) is 5.34. The highest BCUT2D eigenvalue weighted by Gasteiger charge is 2.18. The van der Waals surface area contributed by atoms with Crippen molar-refractivity contribution in [3.05, 3.63) is 35.5 Å². The first kappa shape index (κ1) is 12.7.